The first-order valence-corrected chi connectivity index (χ1v) is 7.25. The SMILES string of the molecule is Cc1ccc(C)c(C(=O)COCCc2cccs2)c1. The quantitative estimate of drug-likeness (QED) is 0.591. The molecule has 100 valence electrons. The molecular weight excluding hydrogens is 256 g/mol. The molecule has 2 aromatic rings. The molecule has 2 rings (SSSR count). The molecule has 0 saturated carbocycles. The Morgan fingerprint density at radius 1 is 1.26 bits per heavy atom. The summed E-state index contributed by atoms with van der Waals surface area (Å²) < 4.78 is 5.48. The van der Waals surface area contributed by atoms with Gasteiger partial charge in [0, 0.05) is 16.9 Å². The first-order chi connectivity index (χ1) is 9.16. The Hall–Kier alpha value is -1.45. The molecule has 1 heterocycles. The third-order valence-electron chi connectivity index (χ3n) is 3.00. The normalized spacial score (nSPS) is 10.6. The smallest absolute Gasteiger partial charge is 0.188 e. The minimum atomic E-state index is 0.0624. The number of aryl methyl sites for hydroxylation is 2. The van der Waals surface area contributed by atoms with Crippen molar-refractivity contribution in [3.05, 3.63) is 57.3 Å². The lowest BCUT2D eigenvalue weighted by Crippen LogP contribution is -2.12. The number of rotatable bonds is 6. The van der Waals surface area contributed by atoms with Gasteiger partial charge in [-0.2, -0.15) is 0 Å². The molecule has 1 aromatic heterocycles. The van der Waals surface area contributed by atoms with E-state index < -0.39 is 0 Å². The van der Waals surface area contributed by atoms with Gasteiger partial charge in [-0.3, -0.25) is 4.79 Å². The second kappa shape index (κ2) is 6.64. The molecule has 0 aliphatic rings. The fraction of sp³-hybridized carbons (Fsp3) is 0.312. The highest BCUT2D eigenvalue weighted by Crippen LogP contribution is 2.12. The maximum Gasteiger partial charge on any atom is 0.188 e. The van der Waals surface area contributed by atoms with Gasteiger partial charge in [0.1, 0.15) is 6.61 Å². The molecule has 0 spiro atoms. The summed E-state index contributed by atoms with van der Waals surface area (Å²) in [6.07, 6.45) is 0.873. The molecule has 0 unspecified atom stereocenters. The lowest BCUT2D eigenvalue weighted by Gasteiger charge is -2.07. The van der Waals surface area contributed by atoms with E-state index in [1.807, 2.05) is 38.1 Å². The van der Waals surface area contributed by atoms with Crippen molar-refractivity contribution in [1.82, 2.24) is 0 Å². The zero-order valence-electron chi connectivity index (χ0n) is 11.3. The van der Waals surface area contributed by atoms with Crippen LogP contribution in [0.15, 0.2) is 35.7 Å². The third-order valence-corrected chi connectivity index (χ3v) is 3.94. The number of ether oxygens (including phenoxy) is 1. The van der Waals surface area contributed by atoms with E-state index in [0.717, 1.165) is 23.1 Å². The number of Topliss-reactive ketones (excluding diaryl/α,β-unsaturated/α-hetero) is 1. The minimum absolute atomic E-state index is 0.0624. The van der Waals surface area contributed by atoms with Gasteiger partial charge in [-0.15, -0.1) is 11.3 Å². The molecule has 0 radical (unpaired) electrons. The first-order valence-electron chi connectivity index (χ1n) is 6.37. The van der Waals surface area contributed by atoms with Gasteiger partial charge in [-0.25, -0.2) is 0 Å². The van der Waals surface area contributed by atoms with Crippen LogP contribution in [0.2, 0.25) is 0 Å². The third kappa shape index (κ3) is 4.01. The number of ketones is 1. The van der Waals surface area contributed by atoms with Crippen LogP contribution in [0.1, 0.15) is 26.4 Å². The summed E-state index contributed by atoms with van der Waals surface area (Å²) >= 11 is 1.72. The maximum atomic E-state index is 12.1. The van der Waals surface area contributed by atoms with Crippen molar-refractivity contribution < 1.29 is 9.53 Å². The van der Waals surface area contributed by atoms with Crippen molar-refractivity contribution in [1.29, 1.82) is 0 Å². The van der Waals surface area contributed by atoms with Gasteiger partial charge in [0.25, 0.3) is 0 Å². The van der Waals surface area contributed by atoms with Gasteiger partial charge in [0.15, 0.2) is 5.78 Å². The van der Waals surface area contributed by atoms with Crippen molar-refractivity contribution >= 4 is 17.1 Å². The molecule has 2 nitrogen and oxygen atoms in total. The molecule has 0 amide bonds. The Labute approximate surface area is 118 Å². The zero-order chi connectivity index (χ0) is 13.7. The highest BCUT2D eigenvalue weighted by atomic mass is 32.1. The van der Waals surface area contributed by atoms with E-state index in [4.69, 9.17) is 4.74 Å². The van der Waals surface area contributed by atoms with Crippen molar-refractivity contribution in [3.63, 3.8) is 0 Å². The molecule has 3 heteroatoms. The van der Waals surface area contributed by atoms with Gasteiger partial charge in [0.2, 0.25) is 0 Å². The number of hydrogen-bond donors (Lipinski definition) is 0. The summed E-state index contributed by atoms with van der Waals surface area (Å²) in [5.74, 6) is 0.0624. The van der Waals surface area contributed by atoms with E-state index >= 15 is 0 Å². The molecule has 0 atom stereocenters. The molecule has 0 fully saturated rings. The molecule has 0 bridgehead atoms. The van der Waals surface area contributed by atoms with Crippen molar-refractivity contribution in [2.24, 2.45) is 0 Å². The topological polar surface area (TPSA) is 26.3 Å². The Balaban J connectivity index is 1.82. The largest absolute Gasteiger partial charge is 0.373 e. The van der Waals surface area contributed by atoms with E-state index in [1.54, 1.807) is 11.3 Å². The second-order valence-corrected chi connectivity index (χ2v) is 5.66. The Kier molecular flexibility index (Phi) is 4.88. The van der Waals surface area contributed by atoms with Crippen LogP contribution in [-0.4, -0.2) is 19.0 Å². The molecule has 0 N–H and O–H groups in total. The standard InChI is InChI=1S/C16H18O2S/c1-12-5-6-13(2)15(10-12)16(17)11-18-8-7-14-4-3-9-19-14/h3-6,9-10H,7-8,11H2,1-2H3. The fourth-order valence-electron chi connectivity index (χ4n) is 1.91. The van der Waals surface area contributed by atoms with E-state index in [1.165, 1.54) is 4.88 Å². The highest BCUT2D eigenvalue weighted by molar-refractivity contribution is 7.09. The van der Waals surface area contributed by atoms with E-state index in [2.05, 4.69) is 11.4 Å². The number of carbonyl (C=O) groups excluding carboxylic acids is 1. The maximum absolute atomic E-state index is 12.1. The molecule has 0 aliphatic heterocycles. The van der Waals surface area contributed by atoms with Gasteiger partial charge in [0.05, 0.1) is 6.61 Å². The molecule has 0 aliphatic carbocycles. The number of hydrogen-bond acceptors (Lipinski definition) is 3. The van der Waals surface area contributed by atoms with Gasteiger partial charge >= 0.3 is 0 Å². The zero-order valence-corrected chi connectivity index (χ0v) is 12.1. The van der Waals surface area contributed by atoms with E-state index in [9.17, 15) is 4.79 Å². The van der Waals surface area contributed by atoms with Crippen molar-refractivity contribution in [2.45, 2.75) is 20.3 Å². The number of benzene rings is 1. The van der Waals surface area contributed by atoms with Crippen LogP contribution in [0.4, 0.5) is 0 Å². The monoisotopic (exact) mass is 274 g/mol. The van der Waals surface area contributed by atoms with Gasteiger partial charge in [-0.1, -0.05) is 23.8 Å². The van der Waals surface area contributed by atoms with Gasteiger partial charge < -0.3 is 4.74 Å². The summed E-state index contributed by atoms with van der Waals surface area (Å²) in [6, 6.07) is 10.0. The first kappa shape index (κ1) is 14.0. The predicted octanol–water partition coefficient (Wildman–Crippen LogP) is 3.81. The predicted molar refractivity (Wildman–Crippen MR) is 79.1 cm³/mol. The van der Waals surface area contributed by atoms with Crippen LogP contribution in [0, 0.1) is 13.8 Å². The van der Waals surface area contributed by atoms with Crippen LogP contribution in [0.25, 0.3) is 0 Å². The van der Waals surface area contributed by atoms with Crippen molar-refractivity contribution in [2.75, 3.05) is 13.2 Å². The molecular formula is C16H18O2S. The van der Waals surface area contributed by atoms with Crippen LogP contribution in [0.5, 0.6) is 0 Å². The summed E-state index contributed by atoms with van der Waals surface area (Å²) in [6.45, 7) is 4.71. The average molecular weight is 274 g/mol. The van der Waals surface area contributed by atoms with Crippen LogP contribution >= 0.6 is 11.3 Å². The number of carbonyl (C=O) groups is 1. The summed E-state index contributed by atoms with van der Waals surface area (Å²) in [7, 11) is 0. The highest BCUT2D eigenvalue weighted by Gasteiger charge is 2.09. The van der Waals surface area contributed by atoms with Crippen LogP contribution < -0.4 is 0 Å². The van der Waals surface area contributed by atoms with Crippen molar-refractivity contribution in [3.8, 4) is 0 Å². The molecule has 0 saturated heterocycles. The Bertz CT molecular complexity index is 544. The lowest BCUT2D eigenvalue weighted by molar-refractivity contribution is 0.0765. The Morgan fingerprint density at radius 2 is 2.11 bits per heavy atom. The second-order valence-electron chi connectivity index (χ2n) is 4.62. The summed E-state index contributed by atoms with van der Waals surface area (Å²) in [5, 5.41) is 2.05. The average Bonchev–Trinajstić information content (AvgIpc) is 2.90. The minimum Gasteiger partial charge on any atom is -0.373 e. The summed E-state index contributed by atoms with van der Waals surface area (Å²) in [4.78, 5) is 13.3. The summed E-state index contributed by atoms with van der Waals surface area (Å²) in [5.41, 5.74) is 2.89. The van der Waals surface area contributed by atoms with E-state index in [0.29, 0.717) is 6.61 Å². The Morgan fingerprint density at radius 3 is 2.84 bits per heavy atom. The fourth-order valence-corrected chi connectivity index (χ4v) is 2.60. The lowest BCUT2D eigenvalue weighted by atomic mass is 10.0. The van der Waals surface area contributed by atoms with Gasteiger partial charge in [-0.05, 0) is 36.9 Å². The number of thiophene rings is 1. The molecule has 19 heavy (non-hydrogen) atoms. The van der Waals surface area contributed by atoms with E-state index in [-0.39, 0.29) is 12.4 Å². The van der Waals surface area contributed by atoms with Crippen LogP contribution in [0.3, 0.4) is 0 Å². The van der Waals surface area contributed by atoms with Crippen LogP contribution in [-0.2, 0) is 11.2 Å². The molecule has 1 aromatic carbocycles.